The third-order valence-electron chi connectivity index (χ3n) is 5.87. The average molecular weight is 427 g/mol. The van der Waals surface area contributed by atoms with E-state index in [1.165, 1.54) is 11.1 Å². The number of unbranched alkanes of at least 4 members (excludes halogenated alkanes) is 1. The zero-order chi connectivity index (χ0) is 22.1. The molecule has 0 atom stereocenters. The van der Waals surface area contributed by atoms with Crippen LogP contribution in [0.25, 0.3) is 28.4 Å². The van der Waals surface area contributed by atoms with Gasteiger partial charge < -0.3 is 9.13 Å². The maximum absolute atomic E-state index is 4.93. The van der Waals surface area contributed by atoms with Gasteiger partial charge in [-0.3, -0.25) is 0 Å². The van der Waals surface area contributed by atoms with Gasteiger partial charge in [0.2, 0.25) is 0 Å². The highest BCUT2D eigenvalue weighted by atomic mass is 15.5. The number of aromatic amines is 1. The second kappa shape index (κ2) is 8.37. The number of hydrogen-bond donors (Lipinski definition) is 1. The molecule has 0 aliphatic rings. The molecule has 1 N–H and O–H groups in total. The predicted molar refractivity (Wildman–Crippen MR) is 124 cm³/mol. The highest BCUT2D eigenvalue weighted by Gasteiger charge is 2.15. The van der Waals surface area contributed by atoms with Crippen LogP contribution in [-0.4, -0.2) is 39.7 Å². The number of nitrogens with zero attached hydrogens (tertiary/aromatic N) is 7. The normalized spacial score (nSPS) is 11.5. The van der Waals surface area contributed by atoms with Crippen LogP contribution >= 0.6 is 0 Å². The van der Waals surface area contributed by atoms with E-state index in [-0.39, 0.29) is 0 Å². The van der Waals surface area contributed by atoms with Crippen molar-refractivity contribution in [1.82, 2.24) is 39.7 Å². The summed E-state index contributed by atoms with van der Waals surface area (Å²) in [6, 6.07) is 14.7. The van der Waals surface area contributed by atoms with Crippen molar-refractivity contribution in [3.63, 3.8) is 0 Å². The van der Waals surface area contributed by atoms with Crippen LogP contribution in [-0.2, 0) is 13.0 Å². The Bertz CT molecular complexity index is 1340. The lowest BCUT2D eigenvalue weighted by Crippen LogP contribution is -2.07. The molecule has 4 aromatic heterocycles. The predicted octanol–water partition coefficient (Wildman–Crippen LogP) is 4.41. The lowest BCUT2D eigenvalue weighted by Gasteiger charge is -2.12. The molecule has 8 heteroatoms. The van der Waals surface area contributed by atoms with Gasteiger partial charge in [-0.25, -0.2) is 15.1 Å². The molecule has 8 nitrogen and oxygen atoms in total. The third kappa shape index (κ3) is 3.57. The van der Waals surface area contributed by atoms with Gasteiger partial charge in [0.15, 0.2) is 11.5 Å². The Balaban J connectivity index is 1.49. The van der Waals surface area contributed by atoms with Crippen molar-refractivity contribution in [2.45, 2.75) is 46.6 Å². The molecule has 32 heavy (non-hydrogen) atoms. The SMILES string of the molecule is CCCCc1nc2c(C)ccnc2n1Cc1ccc(-n2c(C)ccc2-c2nnn[nH]2)cc1. The lowest BCUT2D eigenvalue weighted by molar-refractivity contribution is 0.686. The second-order valence-corrected chi connectivity index (χ2v) is 8.13. The van der Waals surface area contributed by atoms with Crippen molar-refractivity contribution in [3.05, 3.63) is 71.3 Å². The molecular weight excluding hydrogens is 400 g/mol. The van der Waals surface area contributed by atoms with E-state index < -0.39 is 0 Å². The molecule has 0 unspecified atom stereocenters. The van der Waals surface area contributed by atoms with Crippen molar-refractivity contribution < 1.29 is 0 Å². The summed E-state index contributed by atoms with van der Waals surface area (Å²) < 4.78 is 4.41. The molecule has 0 amide bonds. The molecule has 0 aliphatic carbocycles. The van der Waals surface area contributed by atoms with Gasteiger partial charge in [0.05, 0.1) is 12.2 Å². The van der Waals surface area contributed by atoms with Crippen molar-refractivity contribution in [2.75, 3.05) is 0 Å². The Hall–Kier alpha value is -3.81. The van der Waals surface area contributed by atoms with Gasteiger partial charge in [0, 0.05) is 24.0 Å². The fourth-order valence-corrected chi connectivity index (χ4v) is 4.14. The van der Waals surface area contributed by atoms with Crippen LogP contribution in [0, 0.1) is 13.8 Å². The minimum Gasteiger partial charge on any atom is -0.311 e. The standard InChI is InChI=1S/C24H26N8/c1-4-5-6-21-26-22-16(2)13-14-25-24(22)31(21)15-18-8-10-19(11-9-18)32-17(3)7-12-20(32)23-27-29-30-28-23/h7-14H,4-6,15H2,1-3H3,(H,27,28,29,30). The fourth-order valence-electron chi connectivity index (χ4n) is 4.14. The van der Waals surface area contributed by atoms with Crippen LogP contribution in [0.15, 0.2) is 48.7 Å². The number of pyridine rings is 1. The first-order valence-corrected chi connectivity index (χ1v) is 11.0. The topological polar surface area (TPSA) is 90.1 Å². The number of rotatable bonds is 7. The number of H-pyrrole nitrogens is 1. The number of imidazole rings is 1. The van der Waals surface area contributed by atoms with Gasteiger partial charge in [-0.1, -0.05) is 25.5 Å². The summed E-state index contributed by atoms with van der Waals surface area (Å²) in [5.74, 6) is 1.75. The summed E-state index contributed by atoms with van der Waals surface area (Å²) in [6.07, 6.45) is 5.09. The van der Waals surface area contributed by atoms with Crippen LogP contribution in [0.2, 0.25) is 0 Å². The summed E-state index contributed by atoms with van der Waals surface area (Å²) in [4.78, 5) is 9.58. The molecule has 0 spiro atoms. The Morgan fingerprint density at radius 3 is 2.59 bits per heavy atom. The molecule has 1 aromatic carbocycles. The van der Waals surface area contributed by atoms with Crippen LogP contribution < -0.4 is 0 Å². The first kappa shape index (κ1) is 20.1. The summed E-state index contributed by atoms with van der Waals surface area (Å²) in [5.41, 5.74) is 7.46. The number of aromatic nitrogens is 8. The summed E-state index contributed by atoms with van der Waals surface area (Å²) in [7, 11) is 0. The van der Waals surface area contributed by atoms with Crippen LogP contribution in [0.1, 0.15) is 42.4 Å². The fraction of sp³-hybridized carbons (Fsp3) is 0.292. The third-order valence-corrected chi connectivity index (χ3v) is 5.87. The quantitative estimate of drug-likeness (QED) is 0.416. The average Bonchev–Trinajstić information content (AvgIpc) is 3.53. The summed E-state index contributed by atoms with van der Waals surface area (Å²) in [6.45, 7) is 7.13. The largest absolute Gasteiger partial charge is 0.311 e. The Kier molecular flexibility index (Phi) is 5.26. The summed E-state index contributed by atoms with van der Waals surface area (Å²) in [5, 5.41) is 14.3. The van der Waals surface area contributed by atoms with Gasteiger partial charge in [-0.2, -0.15) is 0 Å². The first-order chi connectivity index (χ1) is 15.7. The molecule has 0 saturated carbocycles. The monoisotopic (exact) mass is 426 g/mol. The molecule has 0 fully saturated rings. The van der Waals surface area contributed by atoms with E-state index in [0.29, 0.717) is 5.82 Å². The maximum atomic E-state index is 4.93. The van der Waals surface area contributed by atoms with Crippen molar-refractivity contribution in [1.29, 1.82) is 0 Å². The lowest BCUT2D eigenvalue weighted by atomic mass is 10.2. The molecule has 5 rings (SSSR count). The van der Waals surface area contributed by atoms with Gasteiger partial charge in [0.1, 0.15) is 11.3 Å². The second-order valence-electron chi connectivity index (χ2n) is 8.13. The summed E-state index contributed by atoms with van der Waals surface area (Å²) >= 11 is 0. The number of aryl methyl sites for hydroxylation is 3. The van der Waals surface area contributed by atoms with Gasteiger partial charge in [0.25, 0.3) is 0 Å². The molecular formula is C24H26N8. The van der Waals surface area contributed by atoms with Gasteiger partial charge in [-0.05, 0) is 72.2 Å². The molecule has 0 saturated heterocycles. The van der Waals surface area contributed by atoms with E-state index in [2.05, 4.69) is 85.8 Å². The highest BCUT2D eigenvalue weighted by molar-refractivity contribution is 5.75. The Morgan fingerprint density at radius 2 is 1.84 bits per heavy atom. The number of fused-ring (bicyclic) bond motifs is 1. The number of tetrazole rings is 1. The Labute approximate surface area is 186 Å². The van der Waals surface area contributed by atoms with Crippen molar-refractivity contribution >= 4 is 11.2 Å². The zero-order valence-electron chi connectivity index (χ0n) is 18.6. The van der Waals surface area contributed by atoms with E-state index in [1.807, 2.05) is 18.3 Å². The first-order valence-electron chi connectivity index (χ1n) is 11.0. The molecule has 0 radical (unpaired) electrons. The van der Waals surface area contributed by atoms with E-state index in [9.17, 15) is 0 Å². The number of nitrogens with one attached hydrogen (secondary N) is 1. The van der Waals surface area contributed by atoms with Gasteiger partial charge in [-0.15, -0.1) is 5.10 Å². The number of benzene rings is 1. The van der Waals surface area contributed by atoms with E-state index >= 15 is 0 Å². The highest BCUT2D eigenvalue weighted by Crippen LogP contribution is 2.25. The molecule has 0 bridgehead atoms. The van der Waals surface area contributed by atoms with Crippen molar-refractivity contribution in [2.24, 2.45) is 0 Å². The maximum Gasteiger partial charge on any atom is 0.196 e. The van der Waals surface area contributed by atoms with Crippen molar-refractivity contribution in [3.8, 4) is 17.2 Å². The minimum absolute atomic E-state index is 0.647. The number of hydrogen-bond acceptors (Lipinski definition) is 5. The molecule has 0 aliphatic heterocycles. The smallest absolute Gasteiger partial charge is 0.196 e. The molecule has 4 heterocycles. The Morgan fingerprint density at radius 1 is 1.00 bits per heavy atom. The molecule has 162 valence electrons. The van der Waals surface area contributed by atoms with E-state index in [0.717, 1.165) is 59.9 Å². The van der Waals surface area contributed by atoms with Crippen LogP contribution in [0.3, 0.4) is 0 Å². The zero-order valence-corrected chi connectivity index (χ0v) is 18.6. The molecule has 5 aromatic rings. The minimum atomic E-state index is 0.647. The van der Waals surface area contributed by atoms with Gasteiger partial charge >= 0.3 is 0 Å². The van der Waals surface area contributed by atoms with E-state index in [4.69, 9.17) is 4.98 Å². The van der Waals surface area contributed by atoms with E-state index in [1.54, 1.807) is 0 Å². The van der Waals surface area contributed by atoms with Crippen LogP contribution in [0.4, 0.5) is 0 Å². The van der Waals surface area contributed by atoms with Crippen LogP contribution in [0.5, 0.6) is 0 Å².